The summed E-state index contributed by atoms with van der Waals surface area (Å²) in [6.45, 7) is 0. The molecule has 0 spiro atoms. The van der Waals surface area contributed by atoms with Gasteiger partial charge >= 0.3 is 0 Å². The van der Waals surface area contributed by atoms with Crippen LogP contribution in [0.3, 0.4) is 0 Å². The van der Waals surface area contributed by atoms with Crippen molar-refractivity contribution in [2.75, 3.05) is 0 Å². The fourth-order valence-corrected chi connectivity index (χ4v) is 0. The van der Waals surface area contributed by atoms with Gasteiger partial charge in [0.2, 0.25) is 0 Å². The molecular formula is C2HSSi. The summed E-state index contributed by atoms with van der Waals surface area (Å²) >= 11 is 4.20. The molecule has 0 atom stereocenters. The van der Waals surface area contributed by atoms with Crippen LogP contribution in [0.5, 0.6) is 0 Å². The Morgan fingerprint density at radius 1 is 2.00 bits per heavy atom. The van der Waals surface area contributed by atoms with E-state index in [9.17, 15) is 0 Å². The van der Waals surface area contributed by atoms with Crippen LogP contribution in [0, 0.1) is 0 Å². The predicted octanol–water partition coefficient (Wildman–Crippen LogP) is 0.267. The molecular weight excluding hydrogens is 84.2 g/mol. The van der Waals surface area contributed by atoms with Crippen molar-refractivity contribution in [2.45, 2.75) is 0 Å². The molecule has 0 heterocycles. The van der Waals surface area contributed by atoms with Crippen LogP contribution in [0.25, 0.3) is 0 Å². The van der Waals surface area contributed by atoms with Gasteiger partial charge in [0, 0.05) is 0 Å². The van der Waals surface area contributed by atoms with Crippen molar-refractivity contribution in [2.24, 2.45) is 0 Å². The average molecular weight is 85.2 g/mol. The molecule has 4 heavy (non-hydrogen) atoms. The van der Waals surface area contributed by atoms with E-state index in [0.717, 1.165) is 0 Å². The molecule has 0 bridgehead atoms. The molecule has 2 heteroatoms. The monoisotopic (exact) mass is 85.0 g/mol. The Hall–Kier alpha value is 0.0869. The zero-order valence-electron chi connectivity index (χ0n) is 1.99. The minimum absolute atomic E-state index is 1.50. The summed E-state index contributed by atoms with van der Waals surface area (Å²) in [6, 6.07) is 0. The third-order valence-electron chi connectivity index (χ3n) is 0.0589. The summed E-state index contributed by atoms with van der Waals surface area (Å²) in [5.41, 5.74) is 1.50. The molecule has 0 fully saturated rings. The summed E-state index contributed by atoms with van der Waals surface area (Å²) in [5, 5.41) is 2.30. The maximum absolute atomic E-state index is 4.20. The van der Waals surface area contributed by atoms with E-state index in [1.165, 1.54) is 5.70 Å². The van der Waals surface area contributed by atoms with Gasteiger partial charge in [-0.3, -0.25) is 0 Å². The van der Waals surface area contributed by atoms with Gasteiger partial charge in [0.25, 0.3) is 0 Å². The van der Waals surface area contributed by atoms with Crippen LogP contribution < -0.4 is 0 Å². The van der Waals surface area contributed by atoms with E-state index in [1.807, 2.05) is 0 Å². The minimum atomic E-state index is 1.50. The maximum Gasteiger partial charge on any atom is 0.0730 e. The highest BCUT2D eigenvalue weighted by Gasteiger charge is 1.29. The Morgan fingerprint density at radius 3 is 2.25 bits per heavy atom. The molecule has 0 aromatic carbocycles. The second-order valence-corrected chi connectivity index (χ2v) is 0.787. The van der Waals surface area contributed by atoms with Crippen molar-refractivity contribution in [3.8, 4) is 0 Å². The van der Waals surface area contributed by atoms with Crippen LogP contribution in [-0.4, -0.2) is 15.3 Å². The summed E-state index contributed by atoms with van der Waals surface area (Å²) in [7, 11) is 2.95. The lowest BCUT2D eigenvalue weighted by atomic mass is 11.3. The van der Waals surface area contributed by atoms with Gasteiger partial charge in [-0.1, -0.05) is 10.7 Å². The molecule has 0 aliphatic heterocycles. The van der Waals surface area contributed by atoms with E-state index in [1.54, 1.807) is 0 Å². The van der Waals surface area contributed by atoms with Crippen LogP contribution in [0.15, 0.2) is 5.70 Å². The summed E-state index contributed by atoms with van der Waals surface area (Å²) in [5.74, 6) is 0. The van der Waals surface area contributed by atoms with E-state index in [0.29, 0.717) is 0 Å². The smallest absolute Gasteiger partial charge is 0.0557 e. The second kappa shape index (κ2) is 3.09. The van der Waals surface area contributed by atoms with Gasteiger partial charge < -0.3 is 0 Å². The van der Waals surface area contributed by atoms with Gasteiger partial charge in [-0.05, 0) is 12.2 Å². The van der Waals surface area contributed by atoms with E-state index >= 15 is 0 Å². The standard InChI is InChI=1S/C2HSSi/c3-1-2-4/h2H. The SMILES string of the molecule is [Si]C=C=S. The van der Waals surface area contributed by atoms with Gasteiger partial charge in [-0.15, -0.1) is 0 Å². The third-order valence-corrected chi connectivity index (χ3v) is 0.530. The van der Waals surface area contributed by atoms with Gasteiger partial charge in [0.15, 0.2) is 0 Å². The fourth-order valence-electron chi connectivity index (χ4n) is 0. The van der Waals surface area contributed by atoms with Gasteiger partial charge in [-0.25, -0.2) is 0 Å². The van der Waals surface area contributed by atoms with Crippen molar-refractivity contribution in [3.63, 3.8) is 0 Å². The molecule has 3 radical (unpaired) electrons. The van der Waals surface area contributed by atoms with Crippen molar-refractivity contribution in [3.05, 3.63) is 5.70 Å². The number of rotatable bonds is 0. The predicted molar refractivity (Wildman–Crippen MR) is 22.9 cm³/mol. The molecule has 0 nitrogen and oxygen atoms in total. The zero-order valence-corrected chi connectivity index (χ0v) is 3.80. The van der Waals surface area contributed by atoms with E-state index in [2.05, 4.69) is 27.5 Å². The van der Waals surface area contributed by atoms with Gasteiger partial charge in [-0.2, -0.15) is 0 Å². The number of thiocarbonyl (C=S) groups is 1. The van der Waals surface area contributed by atoms with Crippen LogP contribution in [0.1, 0.15) is 0 Å². The Balaban J connectivity index is 3.11. The second-order valence-electron chi connectivity index (χ2n) is 0.262. The first kappa shape index (κ1) is 4.09. The first-order valence-corrected chi connectivity index (χ1v) is 1.77. The minimum Gasteiger partial charge on any atom is -0.0557 e. The fraction of sp³-hybridized carbons (Fsp3) is 0. The van der Waals surface area contributed by atoms with Crippen LogP contribution in [0.2, 0.25) is 0 Å². The molecule has 0 N–H and O–H groups in total. The van der Waals surface area contributed by atoms with Gasteiger partial charge in [0.1, 0.15) is 0 Å². The molecule has 0 saturated carbocycles. The lowest BCUT2D eigenvalue weighted by Crippen LogP contribution is -1.40. The molecule has 0 aliphatic carbocycles. The Bertz CT molecular complexity index is 44.0. The van der Waals surface area contributed by atoms with E-state index in [4.69, 9.17) is 0 Å². The Labute approximate surface area is 33.9 Å². The largest absolute Gasteiger partial charge is 0.0730 e. The Morgan fingerprint density at radius 2 is 2.25 bits per heavy atom. The topological polar surface area (TPSA) is 0 Å². The lowest BCUT2D eigenvalue weighted by Gasteiger charge is -1.33. The third kappa shape index (κ3) is 2.09. The maximum atomic E-state index is 4.20. The summed E-state index contributed by atoms with van der Waals surface area (Å²) < 4.78 is 0. The molecule has 0 amide bonds. The Kier molecular flexibility index (Phi) is 3.15. The first-order chi connectivity index (χ1) is 1.91. The van der Waals surface area contributed by atoms with Crippen LogP contribution >= 0.6 is 12.2 Å². The number of hydrogen-bond donors (Lipinski definition) is 0. The molecule has 19 valence electrons. The van der Waals surface area contributed by atoms with E-state index < -0.39 is 0 Å². The first-order valence-electron chi connectivity index (χ1n) is 0.781. The van der Waals surface area contributed by atoms with Crippen LogP contribution in [0.4, 0.5) is 0 Å². The van der Waals surface area contributed by atoms with Crippen LogP contribution in [-0.2, 0) is 0 Å². The molecule has 0 aromatic heterocycles. The molecule has 0 aliphatic rings. The highest BCUT2D eigenvalue weighted by molar-refractivity contribution is 7.78. The lowest BCUT2D eigenvalue weighted by molar-refractivity contribution is 2.91. The molecule has 0 saturated heterocycles. The number of hydrogen-bond acceptors (Lipinski definition) is 1. The summed E-state index contributed by atoms with van der Waals surface area (Å²) in [4.78, 5) is 0. The van der Waals surface area contributed by atoms with Crippen molar-refractivity contribution in [1.29, 1.82) is 0 Å². The average Bonchev–Trinajstić information content (AvgIpc) is 1.37. The quantitative estimate of drug-likeness (QED) is 0.300. The van der Waals surface area contributed by atoms with Crippen molar-refractivity contribution >= 4 is 27.5 Å². The summed E-state index contributed by atoms with van der Waals surface area (Å²) in [6.07, 6.45) is 0. The highest BCUT2D eigenvalue weighted by Crippen LogP contribution is 1.32. The molecule has 0 rings (SSSR count). The zero-order chi connectivity index (χ0) is 3.41. The normalized spacial score (nSPS) is 4.25. The van der Waals surface area contributed by atoms with Crippen molar-refractivity contribution < 1.29 is 0 Å². The molecule has 0 aromatic rings. The highest BCUT2D eigenvalue weighted by atomic mass is 32.1. The van der Waals surface area contributed by atoms with Crippen molar-refractivity contribution in [1.82, 2.24) is 0 Å². The van der Waals surface area contributed by atoms with E-state index in [-0.39, 0.29) is 0 Å². The van der Waals surface area contributed by atoms with Gasteiger partial charge in [0.05, 0.1) is 10.2 Å². The molecule has 0 unspecified atom stereocenters.